The van der Waals surface area contributed by atoms with Crippen molar-refractivity contribution in [2.24, 2.45) is 0 Å². The van der Waals surface area contributed by atoms with Gasteiger partial charge in [0.05, 0.1) is 5.69 Å². The van der Waals surface area contributed by atoms with Crippen LogP contribution in [0.25, 0.3) is 0 Å². The van der Waals surface area contributed by atoms with Crippen molar-refractivity contribution < 1.29 is 9.53 Å². The number of nitrogens with one attached hydrogen (secondary N) is 3. The number of carbonyl (C=O) groups excluding carboxylic acids is 1. The maximum absolute atomic E-state index is 10.6. The molecule has 2 rings (SSSR count). The maximum Gasteiger partial charge on any atom is 0.432 e. The molecule has 6 heteroatoms. The zero-order chi connectivity index (χ0) is 7.84. The number of rotatable bonds is 0. The Labute approximate surface area is 61.9 Å². The number of aromatic amines is 1. The number of hydrazine groups is 1. The highest BCUT2D eigenvalue weighted by Crippen LogP contribution is 2.25. The van der Waals surface area contributed by atoms with Gasteiger partial charge in [0.15, 0.2) is 0 Å². The quantitative estimate of drug-likeness (QED) is 0.496. The van der Waals surface area contributed by atoms with Crippen LogP contribution >= 0.6 is 0 Å². The van der Waals surface area contributed by atoms with Crippen LogP contribution in [0, 0.1) is 6.92 Å². The minimum absolute atomic E-state index is 0.284. The number of H-pyrrole nitrogens is 1. The van der Waals surface area contributed by atoms with Crippen molar-refractivity contribution >= 4 is 11.8 Å². The zero-order valence-corrected chi connectivity index (χ0v) is 5.76. The molecule has 1 aliphatic rings. The van der Waals surface area contributed by atoms with Crippen LogP contribution < -0.4 is 15.6 Å². The van der Waals surface area contributed by atoms with Gasteiger partial charge in [-0.15, -0.1) is 5.10 Å². The van der Waals surface area contributed by atoms with Gasteiger partial charge in [-0.05, 0) is 6.92 Å². The van der Waals surface area contributed by atoms with Crippen LogP contribution in [0.3, 0.4) is 0 Å². The Morgan fingerprint density at radius 1 is 1.45 bits per heavy atom. The highest BCUT2D eigenvalue weighted by atomic mass is 16.6. The van der Waals surface area contributed by atoms with Gasteiger partial charge in [-0.2, -0.15) is 0 Å². The summed E-state index contributed by atoms with van der Waals surface area (Å²) in [7, 11) is 0. The van der Waals surface area contributed by atoms with Gasteiger partial charge in [-0.1, -0.05) is 0 Å². The smallest absolute Gasteiger partial charge is 0.386 e. The van der Waals surface area contributed by atoms with E-state index in [9.17, 15) is 4.79 Å². The number of ether oxygens (including phenoxy) is 1. The van der Waals surface area contributed by atoms with Crippen LogP contribution in [0.5, 0.6) is 5.88 Å². The Morgan fingerprint density at radius 2 is 2.27 bits per heavy atom. The van der Waals surface area contributed by atoms with Crippen molar-refractivity contribution in [3.8, 4) is 5.88 Å². The Kier molecular flexibility index (Phi) is 1.03. The summed E-state index contributed by atoms with van der Waals surface area (Å²) in [6, 6.07) is 0. The molecule has 1 aromatic heterocycles. The van der Waals surface area contributed by atoms with Crippen LogP contribution in [0.1, 0.15) is 5.69 Å². The fourth-order valence-corrected chi connectivity index (χ4v) is 0.855. The summed E-state index contributed by atoms with van der Waals surface area (Å²) in [4.78, 5) is 10.6. The van der Waals surface area contributed by atoms with Crippen molar-refractivity contribution in [1.82, 2.24) is 15.6 Å². The zero-order valence-electron chi connectivity index (χ0n) is 5.76. The first-order valence-corrected chi connectivity index (χ1v) is 3.06. The van der Waals surface area contributed by atoms with E-state index in [1.54, 1.807) is 0 Å². The Balaban J connectivity index is 2.44. The molecule has 0 atom stereocenters. The van der Waals surface area contributed by atoms with Gasteiger partial charge in [-0.25, -0.2) is 10.2 Å². The molecule has 1 aliphatic heterocycles. The standard InChI is InChI=1S/C5H6N4O2/c1-2-3-4(8-6-2)11-5(10)9-7-3/h7H,1H3,(H,6,8)(H,9,10). The Hall–Kier alpha value is -1.72. The summed E-state index contributed by atoms with van der Waals surface area (Å²) < 4.78 is 4.70. The number of anilines is 1. The van der Waals surface area contributed by atoms with E-state index in [0.717, 1.165) is 5.69 Å². The third-order valence-electron chi connectivity index (χ3n) is 1.39. The molecule has 0 spiro atoms. The van der Waals surface area contributed by atoms with Gasteiger partial charge in [0.2, 0.25) is 0 Å². The molecule has 1 amide bonds. The first-order chi connectivity index (χ1) is 5.27. The number of carbonyl (C=O) groups is 1. The third kappa shape index (κ3) is 0.794. The SMILES string of the molecule is Cc1[nH]nc2c1NNC(=O)O2. The number of hydrogen-bond acceptors (Lipinski definition) is 4. The molecule has 0 saturated heterocycles. The highest BCUT2D eigenvalue weighted by molar-refractivity contribution is 5.78. The molecule has 2 heterocycles. The molecular weight excluding hydrogens is 148 g/mol. The Morgan fingerprint density at radius 3 is 3.09 bits per heavy atom. The van der Waals surface area contributed by atoms with E-state index >= 15 is 0 Å². The van der Waals surface area contributed by atoms with Gasteiger partial charge in [-0.3, -0.25) is 10.5 Å². The van der Waals surface area contributed by atoms with E-state index in [4.69, 9.17) is 4.74 Å². The molecule has 0 radical (unpaired) electrons. The predicted octanol–water partition coefficient (Wildman–Crippen LogP) is 0.147. The van der Waals surface area contributed by atoms with E-state index in [1.807, 2.05) is 6.92 Å². The van der Waals surface area contributed by atoms with E-state index in [1.165, 1.54) is 0 Å². The maximum atomic E-state index is 10.6. The molecule has 6 nitrogen and oxygen atoms in total. The number of fused-ring (bicyclic) bond motifs is 1. The van der Waals surface area contributed by atoms with Gasteiger partial charge < -0.3 is 4.74 Å². The van der Waals surface area contributed by atoms with Crippen LogP contribution in [0.15, 0.2) is 0 Å². The van der Waals surface area contributed by atoms with Gasteiger partial charge >= 0.3 is 6.09 Å². The first kappa shape index (κ1) is 6.02. The van der Waals surface area contributed by atoms with E-state index < -0.39 is 6.09 Å². The number of nitrogens with zero attached hydrogens (tertiary/aromatic N) is 1. The molecule has 1 aromatic rings. The summed E-state index contributed by atoms with van der Waals surface area (Å²) >= 11 is 0. The monoisotopic (exact) mass is 154 g/mol. The van der Waals surface area contributed by atoms with Crippen LogP contribution in [0.2, 0.25) is 0 Å². The van der Waals surface area contributed by atoms with Crippen molar-refractivity contribution in [2.75, 3.05) is 5.43 Å². The lowest BCUT2D eigenvalue weighted by Crippen LogP contribution is -2.36. The second-order valence-corrected chi connectivity index (χ2v) is 2.17. The second kappa shape index (κ2) is 1.88. The van der Waals surface area contributed by atoms with E-state index in [0.29, 0.717) is 5.69 Å². The molecule has 0 aliphatic carbocycles. The van der Waals surface area contributed by atoms with Crippen LogP contribution in [-0.2, 0) is 0 Å². The highest BCUT2D eigenvalue weighted by Gasteiger charge is 2.20. The van der Waals surface area contributed by atoms with Crippen molar-refractivity contribution in [3.63, 3.8) is 0 Å². The summed E-state index contributed by atoms with van der Waals surface area (Å²) in [5.41, 5.74) is 6.43. The van der Waals surface area contributed by atoms with Crippen molar-refractivity contribution in [3.05, 3.63) is 5.69 Å². The molecule has 0 fully saturated rings. The first-order valence-electron chi connectivity index (χ1n) is 3.06. The van der Waals surface area contributed by atoms with Gasteiger partial charge in [0, 0.05) is 0 Å². The lowest BCUT2D eigenvalue weighted by atomic mass is 10.4. The number of aromatic nitrogens is 2. The normalized spacial score (nSPS) is 14.5. The van der Waals surface area contributed by atoms with Gasteiger partial charge in [0.1, 0.15) is 5.69 Å². The third-order valence-corrected chi connectivity index (χ3v) is 1.39. The average Bonchev–Trinajstić information content (AvgIpc) is 2.32. The minimum atomic E-state index is -0.552. The molecular formula is C5H6N4O2. The van der Waals surface area contributed by atoms with Crippen LogP contribution in [0.4, 0.5) is 10.5 Å². The summed E-state index contributed by atoms with van der Waals surface area (Å²) in [5.74, 6) is 0.284. The lowest BCUT2D eigenvalue weighted by Gasteiger charge is -2.13. The number of aryl methyl sites for hydroxylation is 1. The van der Waals surface area contributed by atoms with Crippen LogP contribution in [-0.4, -0.2) is 16.3 Å². The molecule has 58 valence electrons. The molecule has 0 bridgehead atoms. The fourth-order valence-electron chi connectivity index (χ4n) is 0.855. The topological polar surface area (TPSA) is 79.0 Å². The fraction of sp³-hybridized carbons (Fsp3) is 0.200. The van der Waals surface area contributed by atoms with Crippen molar-refractivity contribution in [2.45, 2.75) is 6.92 Å². The number of hydrogen-bond donors (Lipinski definition) is 3. The second-order valence-electron chi connectivity index (χ2n) is 2.17. The molecule has 0 aromatic carbocycles. The van der Waals surface area contributed by atoms with Crippen molar-refractivity contribution in [1.29, 1.82) is 0 Å². The molecule has 0 unspecified atom stereocenters. The summed E-state index contributed by atoms with van der Waals surface area (Å²) in [6.07, 6.45) is -0.552. The largest absolute Gasteiger partial charge is 0.432 e. The Bertz CT molecular complexity index is 305. The lowest BCUT2D eigenvalue weighted by molar-refractivity contribution is 0.198. The predicted molar refractivity (Wildman–Crippen MR) is 36.1 cm³/mol. The average molecular weight is 154 g/mol. The molecule has 0 saturated carbocycles. The van der Waals surface area contributed by atoms with E-state index in [-0.39, 0.29) is 5.88 Å². The van der Waals surface area contributed by atoms with Gasteiger partial charge in [0.25, 0.3) is 5.88 Å². The number of amides is 1. The summed E-state index contributed by atoms with van der Waals surface area (Å²) in [5, 5.41) is 6.41. The minimum Gasteiger partial charge on any atom is -0.386 e. The molecule has 3 N–H and O–H groups in total. The van der Waals surface area contributed by atoms with E-state index in [2.05, 4.69) is 21.0 Å². The summed E-state index contributed by atoms with van der Waals surface area (Å²) in [6.45, 7) is 1.82. The molecule has 11 heavy (non-hydrogen) atoms.